The van der Waals surface area contributed by atoms with E-state index in [0.29, 0.717) is 13.0 Å². The molecule has 0 aromatic heterocycles. The fourth-order valence-corrected chi connectivity index (χ4v) is 1.23. The smallest absolute Gasteiger partial charge is 0.137 e. The molecule has 70 valence electrons. The highest BCUT2D eigenvalue weighted by atomic mass is 16.5. The van der Waals surface area contributed by atoms with Crippen molar-refractivity contribution in [1.82, 2.24) is 5.32 Å². The summed E-state index contributed by atoms with van der Waals surface area (Å²) in [6.45, 7) is 2.23. The molecule has 1 fully saturated rings. The Morgan fingerprint density at radius 1 is 1.67 bits per heavy atom. The number of hydrogen-bond acceptors (Lipinski definition) is 4. The highest BCUT2D eigenvalue weighted by molar-refractivity contribution is 5.78. The quantitative estimate of drug-likeness (QED) is 0.591. The van der Waals surface area contributed by atoms with Gasteiger partial charge < -0.3 is 15.2 Å². The average Bonchev–Trinajstić information content (AvgIpc) is 2.06. The van der Waals surface area contributed by atoms with Crippen LogP contribution in [0.15, 0.2) is 0 Å². The second-order valence-electron chi connectivity index (χ2n) is 2.91. The molecule has 1 aliphatic rings. The number of Topliss-reactive ketones (excluding diaryl/α,β-unsaturated/α-hetero) is 1. The zero-order valence-electron chi connectivity index (χ0n) is 7.08. The number of morpholine rings is 1. The van der Waals surface area contributed by atoms with Crippen molar-refractivity contribution in [2.45, 2.75) is 18.9 Å². The molecule has 1 aliphatic heterocycles. The van der Waals surface area contributed by atoms with Crippen LogP contribution in [-0.4, -0.2) is 43.3 Å². The highest BCUT2D eigenvalue weighted by Gasteiger charge is 2.16. The summed E-state index contributed by atoms with van der Waals surface area (Å²) in [4.78, 5) is 11.0. The van der Waals surface area contributed by atoms with Crippen LogP contribution in [0.25, 0.3) is 0 Å². The molecule has 1 saturated heterocycles. The molecule has 0 aliphatic carbocycles. The predicted molar refractivity (Wildman–Crippen MR) is 43.9 cm³/mol. The van der Waals surface area contributed by atoms with Crippen LogP contribution >= 0.6 is 0 Å². The molecule has 0 bridgehead atoms. The van der Waals surface area contributed by atoms with Gasteiger partial charge in [0.25, 0.3) is 0 Å². The van der Waals surface area contributed by atoms with Gasteiger partial charge in [-0.05, 0) is 0 Å². The molecule has 0 amide bonds. The summed E-state index contributed by atoms with van der Waals surface area (Å²) >= 11 is 0. The maximum atomic E-state index is 11.0. The summed E-state index contributed by atoms with van der Waals surface area (Å²) in [5, 5.41) is 11.6. The van der Waals surface area contributed by atoms with Crippen molar-refractivity contribution < 1.29 is 14.6 Å². The Labute approximate surface area is 71.9 Å². The molecule has 0 radical (unpaired) electrons. The van der Waals surface area contributed by atoms with Gasteiger partial charge in [0, 0.05) is 32.5 Å². The van der Waals surface area contributed by atoms with E-state index in [1.807, 2.05) is 0 Å². The summed E-state index contributed by atoms with van der Waals surface area (Å²) in [6.07, 6.45) is 0.686. The average molecular weight is 173 g/mol. The maximum Gasteiger partial charge on any atom is 0.137 e. The third-order valence-corrected chi connectivity index (χ3v) is 1.85. The Kier molecular flexibility index (Phi) is 4.21. The summed E-state index contributed by atoms with van der Waals surface area (Å²) in [5.41, 5.74) is 0. The van der Waals surface area contributed by atoms with Crippen molar-refractivity contribution >= 4 is 5.78 Å². The van der Waals surface area contributed by atoms with E-state index in [9.17, 15) is 4.79 Å². The van der Waals surface area contributed by atoms with Crippen LogP contribution in [0.3, 0.4) is 0 Å². The predicted octanol–water partition coefficient (Wildman–Crippen LogP) is -0.684. The summed E-state index contributed by atoms with van der Waals surface area (Å²) in [6, 6.07) is 0. The number of aliphatic hydroxyl groups is 1. The number of ether oxygens (including phenoxy) is 1. The Morgan fingerprint density at radius 2 is 2.50 bits per heavy atom. The van der Waals surface area contributed by atoms with Crippen LogP contribution in [0.1, 0.15) is 12.8 Å². The van der Waals surface area contributed by atoms with Crippen LogP contribution in [-0.2, 0) is 9.53 Å². The standard InChI is InChI=1S/C8H15NO3/c10-3-1-7(11)5-8-6-9-2-4-12-8/h8-10H,1-6H2. The topological polar surface area (TPSA) is 58.6 Å². The Bertz CT molecular complexity index is 143. The summed E-state index contributed by atoms with van der Waals surface area (Å²) in [7, 11) is 0. The molecule has 0 saturated carbocycles. The Morgan fingerprint density at radius 3 is 3.08 bits per heavy atom. The van der Waals surface area contributed by atoms with E-state index in [4.69, 9.17) is 9.84 Å². The maximum absolute atomic E-state index is 11.0. The van der Waals surface area contributed by atoms with Crippen molar-refractivity contribution in [3.63, 3.8) is 0 Å². The van der Waals surface area contributed by atoms with E-state index in [0.717, 1.165) is 13.1 Å². The largest absolute Gasteiger partial charge is 0.396 e. The number of aliphatic hydroxyl groups excluding tert-OH is 1. The van der Waals surface area contributed by atoms with Gasteiger partial charge in [0.05, 0.1) is 12.7 Å². The minimum atomic E-state index is -0.0566. The molecule has 0 spiro atoms. The molecular formula is C8H15NO3. The second-order valence-corrected chi connectivity index (χ2v) is 2.91. The molecule has 0 aromatic rings. The zero-order chi connectivity index (χ0) is 8.81. The molecule has 2 N–H and O–H groups in total. The van der Waals surface area contributed by atoms with Crippen LogP contribution in [0.4, 0.5) is 0 Å². The number of carbonyl (C=O) groups excluding carboxylic acids is 1. The molecule has 1 unspecified atom stereocenters. The number of nitrogens with one attached hydrogen (secondary N) is 1. The SMILES string of the molecule is O=C(CCO)CC1CNCCO1. The third-order valence-electron chi connectivity index (χ3n) is 1.85. The monoisotopic (exact) mass is 173 g/mol. The van der Waals surface area contributed by atoms with Gasteiger partial charge in [-0.2, -0.15) is 0 Å². The summed E-state index contributed by atoms with van der Waals surface area (Å²) < 4.78 is 5.33. The number of hydrogen-bond donors (Lipinski definition) is 2. The normalized spacial score (nSPS) is 23.9. The van der Waals surface area contributed by atoms with E-state index < -0.39 is 0 Å². The first-order valence-corrected chi connectivity index (χ1v) is 4.28. The molecule has 12 heavy (non-hydrogen) atoms. The van der Waals surface area contributed by atoms with Gasteiger partial charge in [0.1, 0.15) is 5.78 Å². The van der Waals surface area contributed by atoms with Crippen molar-refractivity contribution in [2.24, 2.45) is 0 Å². The van der Waals surface area contributed by atoms with Crippen LogP contribution in [0.2, 0.25) is 0 Å². The molecular weight excluding hydrogens is 158 g/mol. The van der Waals surface area contributed by atoms with E-state index in [1.165, 1.54) is 0 Å². The first-order valence-electron chi connectivity index (χ1n) is 4.28. The fourth-order valence-electron chi connectivity index (χ4n) is 1.23. The molecule has 0 aromatic carbocycles. The second kappa shape index (κ2) is 5.24. The summed E-state index contributed by atoms with van der Waals surface area (Å²) in [5.74, 6) is 0.0752. The van der Waals surface area contributed by atoms with Crippen LogP contribution < -0.4 is 5.32 Å². The van der Waals surface area contributed by atoms with Crippen LogP contribution in [0, 0.1) is 0 Å². The van der Waals surface area contributed by atoms with Crippen molar-refractivity contribution in [3.8, 4) is 0 Å². The van der Waals surface area contributed by atoms with Gasteiger partial charge in [-0.15, -0.1) is 0 Å². The molecule has 1 rings (SSSR count). The lowest BCUT2D eigenvalue weighted by Gasteiger charge is -2.22. The van der Waals surface area contributed by atoms with E-state index >= 15 is 0 Å². The van der Waals surface area contributed by atoms with Gasteiger partial charge in [-0.1, -0.05) is 0 Å². The van der Waals surface area contributed by atoms with Gasteiger partial charge >= 0.3 is 0 Å². The molecule has 1 heterocycles. The number of ketones is 1. The molecule has 4 heteroatoms. The minimum Gasteiger partial charge on any atom is -0.396 e. The van der Waals surface area contributed by atoms with Gasteiger partial charge in [0.15, 0.2) is 0 Å². The third kappa shape index (κ3) is 3.30. The lowest BCUT2D eigenvalue weighted by atomic mass is 10.1. The first kappa shape index (κ1) is 9.64. The molecule has 4 nitrogen and oxygen atoms in total. The first-order chi connectivity index (χ1) is 5.83. The Balaban J connectivity index is 2.15. The lowest BCUT2D eigenvalue weighted by molar-refractivity contribution is -0.123. The molecule has 1 atom stereocenters. The number of rotatable bonds is 4. The number of carbonyl (C=O) groups is 1. The van der Waals surface area contributed by atoms with Crippen molar-refractivity contribution in [1.29, 1.82) is 0 Å². The van der Waals surface area contributed by atoms with Gasteiger partial charge in [-0.3, -0.25) is 4.79 Å². The van der Waals surface area contributed by atoms with E-state index in [2.05, 4.69) is 5.32 Å². The minimum absolute atomic E-state index is 0.0119. The highest BCUT2D eigenvalue weighted by Crippen LogP contribution is 2.03. The van der Waals surface area contributed by atoms with Crippen molar-refractivity contribution in [3.05, 3.63) is 0 Å². The lowest BCUT2D eigenvalue weighted by Crippen LogP contribution is -2.39. The fraction of sp³-hybridized carbons (Fsp3) is 0.875. The van der Waals surface area contributed by atoms with Gasteiger partial charge in [-0.25, -0.2) is 0 Å². The van der Waals surface area contributed by atoms with E-state index in [-0.39, 0.29) is 24.9 Å². The van der Waals surface area contributed by atoms with Crippen molar-refractivity contribution in [2.75, 3.05) is 26.3 Å². The van der Waals surface area contributed by atoms with Crippen LogP contribution in [0.5, 0.6) is 0 Å². The van der Waals surface area contributed by atoms with Gasteiger partial charge in [0.2, 0.25) is 0 Å². The van der Waals surface area contributed by atoms with E-state index in [1.54, 1.807) is 0 Å². The Hall–Kier alpha value is -0.450. The zero-order valence-corrected chi connectivity index (χ0v) is 7.08.